The van der Waals surface area contributed by atoms with Crippen LogP contribution in [0.5, 0.6) is 0 Å². The third kappa shape index (κ3) is 3.49. The third-order valence-electron chi connectivity index (χ3n) is 3.08. The highest BCUT2D eigenvalue weighted by atomic mass is 35.5. The Morgan fingerprint density at radius 1 is 1.62 bits per heavy atom. The van der Waals surface area contributed by atoms with Crippen molar-refractivity contribution in [3.63, 3.8) is 0 Å². The Morgan fingerprint density at radius 2 is 2.25 bits per heavy atom. The largest absolute Gasteiger partial charge is 0.342 e. The van der Waals surface area contributed by atoms with Gasteiger partial charge in [0.25, 0.3) is 0 Å². The van der Waals surface area contributed by atoms with Gasteiger partial charge in [-0.15, -0.1) is 19.0 Å². The maximum atomic E-state index is 12.1. The zero-order valence-electron chi connectivity index (χ0n) is 10.4. The number of amides is 1. The number of nitrogens with zero attached hydrogens (tertiary/aromatic N) is 1. The van der Waals surface area contributed by atoms with E-state index in [2.05, 4.69) is 25.7 Å². The van der Waals surface area contributed by atoms with Crippen LogP contribution >= 0.6 is 12.4 Å². The van der Waals surface area contributed by atoms with Crippen LogP contribution < -0.4 is 5.32 Å². The number of nitrogens with one attached hydrogen (secondary N) is 1. The molecule has 1 fully saturated rings. The fraction of sp³-hybridized carbons (Fsp3) is 0.750. The number of hydrogen-bond acceptors (Lipinski definition) is 2. The Kier molecular flexibility index (Phi) is 6.68. The second-order valence-electron chi connectivity index (χ2n) is 4.63. The van der Waals surface area contributed by atoms with Crippen molar-refractivity contribution in [2.24, 2.45) is 11.8 Å². The van der Waals surface area contributed by atoms with Crippen molar-refractivity contribution in [1.82, 2.24) is 10.2 Å². The summed E-state index contributed by atoms with van der Waals surface area (Å²) in [5.41, 5.74) is 0. The molecule has 1 amide bonds. The van der Waals surface area contributed by atoms with Gasteiger partial charge in [0.2, 0.25) is 5.91 Å². The summed E-state index contributed by atoms with van der Waals surface area (Å²) in [5, 5.41) is 3.41. The van der Waals surface area contributed by atoms with E-state index in [4.69, 9.17) is 0 Å². The van der Waals surface area contributed by atoms with Gasteiger partial charge in [-0.25, -0.2) is 0 Å². The first kappa shape index (κ1) is 15.5. The van der Waals surface area contributed by atoms with E-state index in [0.29, 0.717) is 18.5 Å². The van der Waals surface area contributed by atoms with Crippen LogP contribution in [0.2, 0.25) is 0 Å². The van der Waals surface area contributed by atoms with Gasteiger partial charge in [-0.05, 0) is 18.9 Å². The molecule has 94 valence electrons. The van der Waals surface area contributed by atoms with Gasteiger partial charge in [0, 0.05) is 19.6 Å². The van der Waals surface area contributed by atoms with E-state index in [9.17, 15) is 4.79 Å². The quantitative estimate of drug-likeness (QED) is 0.766. The normalized spacial score (nSPS) is 24.0. The first-order valence-corrected chi connectivity index (χ1v) is 5.67. The minimum Gasteiger partial charge on any atom is -0.342 e. The molecule has 1 saturated heterocycles. The number of likely N-dealkylation sites (N-methyl/N-ethyl adjacent to an activating group) is 1. The summed E-state index contributed by atoms with van der Waals surface area (Å²) in [4.78, 5) is 13.9. The predicted molar refractivity (Wildman–Crippen MR) is 69.8 cm³/mol. The number of rotatable bonds is 4. The van der Waals surface area contributed by atoms with E-state index in [1.165, 1.54) is 0 Å². The highest BCUT2D eigenvalue weighted by Crippen LogP contribution is 2.23. The molecule has 1 rings (SSSR count). The summed E-state index contributed by atoms with van der Waals surface area (Å²) in [6.45, 7) is 9.58. The van der Waals surface area contributed by atoms with Gasteiger partial charge in [0.1, 0.15) is 0 Å². The van der Waals surface area contributed by atoms with Gasteiger partial charge < -0.3 is 10.2 Å². The molecule has 0 aromatic carbocycles. The lowest BCUT2D eigenvalue weighted by Gasteiger charge is -2.26. The molecule has 0 aliphatic carbocycles. The fourth-order valence-electron chi connectivity index (χ4n) is 2.27. The smallest absolute Gasteiger partial charge is 0.227 e. The first-order chi connectivity index (χ1) is 7.07. The van der Waals surface area contributed by atoms with E-state index < -0.39 is 0 Å². The average molecular weight is 247 g/mol. The summed E-state index contributed by atoms with van der Waals surface area (Å²) in [5.74, 6) is 0.909. The van der Waals surface area contributed by atoms with Gasteiger partial charge in [0.05, 0.1) is 5.92 Å². The second-order valence-corrected chi connectivity index (χ2v) is 4.63. The minimum absolute atomic E-state index is 0. The van der Waals surface area contributed by atoms with Gasteiger partial charge >= 0.3 is 0 Å². The first-order valence-electron chi connectivity index (χ1n) is 5.67. The van der Waals surface area contributed by atoms with E-state index in [-0.39, 0.29) is 24.2 Å². The summed E-state index contributed by atoms with van der Waals surface area (Å²) in [6, 6.07) is 0.338. The summed E-state index contributed by atoms with van der Waals surface area (Å²) in [7, 11) is 1.85. The number of carbonyl (C=O) groups excluding carboxylic acids is 1. The molecular formula is C12H23ClN2O. The van der Waals surface area contributed by atoms with E-state index >= 15 is 0 Å². The highest BCUT2D eigenvalue weighted by molar-refractivity contribution is 5.85. The van der Waals surface area contributed by atoms with Gasteiger partial charge in [-0.2, -0.15) is 0 Å². The zero-order chi connectivity index (χ0) is 11.4. The van der Waals surface area contributed by atoms with Crippen molar-refractivity contribution in [3.8, 4) is 0 Å². The molecule has 1 aliphatic rings. The molecule has 1 heterocycles. The lowest BCUT2D eigenvalue weighted by molar-refractivity contribution is -0.134. The molecule has 2 atom stereocenters. The van der Waals surface area contributed by atoms with E-state index in [1.807, 2.05) is 7.05 Å². The monoisotopic (exact) mass is 246 g/mol. The van der Waals surface area contributed by atoms with Crippen LogP contribution in [-0.4, -0.2) is 37.0 Å². The summed E-state index contributed by atoms with van der Waals surface area (Å²) >= 11 is 0. The lowest BCUT2D eigenvalue weighted by atomic mass is 9.91. The van der Waals surface area contributed by atoms with Crippen molar-refractivity contribution in [2.45, 2.75) is 26.3 Å². The second kappa shape index (κ2) is 6.92. The molecule has 0 saturated carbocycles. The van der Waals surface area contributed by atoms with E-state index in [1.54, 1.807) is 11.0 Å². The third-order valence-corrected chi connectivity index (χ3v) is 3.08. The van der Waals surface area contributed by atoms with Gasteiger partial charge in [-0.3, -0.25) is 4.79 Å². The SMILES string of the molecule is C=CCN(C)C(=O)C1CCNC1C(C)C.Cl. The Bertz CT molecular complexity index is 243. The molecule has 4 heteroatoms. The maximum absolute atomic E-state index is 12.1. The van der Waals surface area contributed by atoms with Crippen molar-refractivity contribution >= 4 is 18.3 Å². The fourth-order valence-corrected chi connectivity index (χ4v) is 2.27. The molecule has 3 nitrogen and oxygen atoms in total. The van der Waals surface area contributed by atoms with Crippen LogP contribution in [0.25, 0.3) is 0 Å². The predicted octanol–water partition coefficient (Wildman–Crippen LogP) is 1.69. The topological polar surface area (TPSA) is 32.3 Å². The van der Waals surface area contributed by atoms with Crippen LogP contribution in [0.3, 0.4) is 0 Å². The van der Waals surface area contributed by atoms with Crippen LogP contribution in [0.1, 0.15) is 20.3 Å². The summed E-state index contributed by atoms with van der Waals surface area (Å²) < 4.78 is 0. The Hall–Kier alpha value is -0.540. The van der Waals surface area contributed by atoms with Gasteiger partial charge in [0.15, 0.2) is 0 Å². The Morgan fingerprint density at radius 3 is 2.75 bits per heavy atom. The van der Waals surface area contributed by atoms with Crippen LogP contribution in [0.4, 0.5) is 0 Å². The van der Waals surface area contributed by atoms with Crippen molar-refractivity contribution in [3.05, 3.63) is 12.7 Å². The molecule has 0 aromatic rings. The molecule has 16 heavy (non-hydrogen) atoms. The van der Waals surface area contributed by atoms with Crippen LogP contribution in [0.15, 0.2) is 12.7 Å². The Balaban J connectivity index is 0.00000225. The van der Waals surface area contributed by atoms with Crippen molar-refractivity contribution in [2.75, 3.05) is 20.1 Å². The van der Waals surface area contributed by atoms with E-state index in [0.717, 1.165) is 13.0 Å². The number of halogens is 1. The molecule has 2 unspecified atom stereocenters. The molecule has 0 radical (unpaired) electrons. The minimum atomic E-state index is 0. The van der Waals surface area contributed by atoms with Crippen molar-refractivity contribution in [1.29, 1.82) is 0 Å². The lowest BCUT2D eigenvalue weighted by Crippen LogP contribution is -2.42. The highest BCUT2D eigenvalue weighted by Gasteiger charge is 2.35. The molecule has 0 spiro atoms. The Labute approximate surface area is 105 Å². The maximum Gasteiger partial charge on any atom is 0.227 e. The molecule has 0 aromatic heterocycles. The zero-order valence-corrected chi connectivity index (χ0v) is 11.2. The molecule has 1 N–H and O–H groups in total. The van der Waals surface area contributed by atoms with Crippen LogP contribution in [-0.2, 0) is 4.79 Å². The molecule has 1 aliphatic heterocycles. The van der Waals surface area contributed by atoms with Crippen molar-refractivity contribution < 1.29 is 4.79 Å². The molecule has 0 bridgehead atoms. The standard InChI is InChI=1S/C12H22N2O.ClH/c1-5-8-14(4)12(15)10-6-7-13-11(10)9(2)3;/h5,9-11,13H,1,6-8H2,2-4H3;1H. The van der Waals surface area contributed by atoms with Gasteiger partial charge in [-0.1, -0.05) is 19.9 Å². The summed E-state index contributed by atoms with van der Waals surface area (Å²) in [6.07, 6.45) is 2.73. The number of carbonyl (C=O) groups is 1. The average Bonchev–Trinajstić information content (AvgIpc) is 2.65. The molecular weight excluding hydrogens is 224 g/mol. The van der Waals surface area contributed by atoms with Crippen LogP contribution in [0, 0.1) is 11.8 Å². The number of hydrogen-bond donors (Lipinski definition) is 1.